The number of benzene rings is 2. The fourth-order valence-corrected chi connectivity index (χ4v) is 2.84. The summed E-state index contributed by atoms with van der Waals surface area (Å²) in [5, 5.41) is 11.8. The first kappa shape index (κ1) is 17.0. The van der Waals surface area contributed by atoms with Gasteiger partial charge in [-0.2, -0.15) is 0 Å². The smallest absolute Gasteiger partial charge is 0.408 e. The van der Waals surface area contributed by atoms with Crippen molar-refractivity contribution in [1.82, 2.24) is 5.32 Å². The fourth-order valence-electron chi connectivity index (χ4n) is 2.15. The molecular weight excluding hydrogens is 362 g/mol. The average molecular weight is 378 g/mol. The predicted octanol–water partition coefficient (Wildman–Crippen LogP) is 3.81. The molecule has 6 heteroatoms. The zero-order valence-electron chi connectivity index (χ0n) is 12.5. The largest absolute Gasteiger partial charge is 0.479 e. The van der Waals surface area contributed by atoms with E-state index in [2.05, 4.69) is 21.2 Å². The van der Waals surface area contributed by atoms with Crippen LogP contribution in [-0.4, -0.2) is 17.2 Å². The Morgan fingerprint density at radius 3 is 2.48 bits per heavy atom. The normalized spacial score (nSPS) is 11.6. The molecule has 0 heterocycles. The molecule has 2 aromatic rings. The van der Waals surface area contributed by atoms with E-state index in [1.54, 1.807) is 25.1 Å². The number of rotatable bonds is 5. The third kappa shape index (κ3) is 4.56. The van der Waals surface area contributed by atoms with Gasteiger partial charge in [0.05, 0.1) is 0 Å². The third-order valence-electron chi connectivity index (χ3n) is 3.28. The molecule has 0 aromatic heterocycles. The van der Waals surface area contributed by atoms with Gasteiger partial charge in [-0.1, -0.05) is 58.4 Å². The lowest BCUT2D eigenvalue weighted by molar-refractivity contribution is -0.139. The number of hydrogen-bond donors (Lipinski definition) is 2. The van der Waals surface area contributed by atoms with Crippen molar-refractivity contribution in [2.75, 3.05) is 0 Å². The van der Waals surface area contributed by atoms with Gasteiger partial charge in [-0.05, 0) is 24.1 Å². The minimum absolute atomic E-state index is 0.0773. The Balaban J connectivity index is 2.08. The van der Waals surface area contributed by atoms with Gasteiger partial charge in [0.25, 0.3) is 0 Å². The second-order valence-electron chi connectivity index (χ2n) is 4.95. The number of aliphatic carboxylic acids is 1. The first-order valence-corrected chi connectivity index (χ1v) is 7.73. The number of hydrogen-bond acceptors (Lipinski definition) is 3. The molecule has 0 radical (unpaired) electrons. The van der Waals surface area contributed by atoms with Crippen LogP contribution in [0.4, 0.5) is 4.79 Å². The number of amides is 1. The van der Waals surface area contributed by atoms with Crippen LogP contribution in [0.15, 0.2) is 53.0 Å². The van der Waals surface area contributed by atoms with Crippen LogP contribution in [0.1, 0.15) is 22.7 Å². The molecule has 2 rings (SSSR count). The summed E-state index contributed by atoms with van der Waals surface area (Å²) < 4.78 is 5.70. The van der Waals surface area contributed by atoms with Crippen LogP contribution >= 0.6 is 15.9 Å². The molecule has 120 valence electrons. The molecule has 23 heavy (non-hydrogen) atoms. The summed E-state index contributed by atoms with van der Waals surface area (Å²) in [4.78, 5) is 23.4. The summed E-state index contributed by atoms with van der Waals surface area (Å²) in [6, 6.07) is 13.3. The lowest BCUT2D eigenvalue weighted by Crippen LogP contribution is -2.34. The highest BCUT2D eigenvalue weighted by molar-refractivity contribution is 9.10. The zero-order valence-corrected chi connectivity index (χ0v) is 14.0. The molecule has 0 saturated carbocycles. The Morgan fingerprint density at radius 2 is 1.87 bits per heavy atom. The number of nitrogens with one attached hydrogen (secondary N) is 1. The molecule has 1 unspecified atom stereocenters. The van der Waals surface area contributed by atoms with E-state index in [0.29, 0.717) is 10.0 Å². The number of carboxylic acid groups (broad SMARTS) is 1. The molecule has 0 aliphatic heterocycles. The zero-order chi connectivity index (χ0) is 16.8. The SMILES string of the molecule is Cc1cccc(Br)c1C(NC(=O)OCc1ccccc1)C(=O)O. The van der Waals surface area contributed by atoms with Gasteiger partial charge in [0.15, 0.2) is 6.04 Å². The highest BCUT2D eigenvalue weighted by atomic mass is 79.9. The molecule has 2 aromatic carbocycles. The Morgan fingerprint density at radius 1 is 1.17 bits per heavy atom. The van der Waals surface area contributed by atoms with Crippen molar-refractivity contribution in [2.45, 2.75) is 19.6 Å². The van der Waals surface area contributed by atoms with Crippen molar-refractivity contribution < 1.29 is 19.4 Å². The van der Waals surface area contributed by atoms with Gasteiger partial charge >= 0.3 is 12.1 Å². The lowest BCUT2D eigenvalue weighted by Gasteiger charge is -2.18. The Bertz CT molecular complexity index is 683. The monoisotopic (exact) mass is 377 g/mol. The van der Waals surface area contributed by atoms with E-state index in [-0.39, 0.29) is 6.61 Å². The Labute approximate surface area is 142 Å². The van der Waals surface area contributed by atoms with E-state index >= 15 is 0 Å². The van der Waals surface area contributed by atoms with Crippen molar-refractivity contribution in [2.24, 2.45) is 0 Å². The minimum atomic E-state index is -1.19. The Kier molecular flexibility index (Phi) is 5.76. The van der Waals surface area contributed by atoms with Crippen LogP contribution in [0.5, 0.6) is 0 Å². The average Bonchev–Trinajstić information content (AvgIpc) is 2.52. The molecule has 1 atom stereocenters. The van der Waals surface area contributed by atoms with E-state index in [1.807, 2.05) is 30.3 Å². The number of carbonyl (C=O) groups is 2. The number of aryl methyl sites for hydroxylation is 1. The van der Waals surface area contributed by atoms with Gasteiger partial charge in [-0.25, -0.2) is 9.59 Å². The molecule has 5 nitrogen and oxygen atoms in total. The minimum Gasteiger partial charge on any atom is -0.479 e. The maximum Gasteiger partial charge on any atom is 0.408 e. The maximum atomic E-state index is 11.9. The van der Waals surface area contributed by atoms with Crippen LogP contribution in [0.25, 0.3) is 0 Å². The van der Waals surface area contributed by atoms with Crippen LogP contribution in [0.2, 0.25) is 0 Å². The molecule has 0 spiro atoms. The summed E-state index contributed by atoms with van der Waals surface area (Å²) in [5.41, 5.74) is 2.08. The van der Waals surface area contributed by atoms with Gasteiger partial charge in [0, 0.05) is 10.0 Å². The second-order valence-corrected chi connectivity index (χ2v) is 5.80. The summed E-state index contributed by atoms with van der Waals surface area (Å²) in [7, 11) is 0. The van der Waals surface area contributed by atoms with E-state index in [0.717, 1.165) is 11.1 Å². The maximum absolute atomic E-state index is 11.9. The van der Waals surface area contributed by atoms with E-state index < -0.39 is 18.1 Å². The summed E-state index contributed by atoms with van der Waals surface area (Å²) >= 11 is 3.33. The van der Waals surface area contributed by atoms with E-state index in [9.17, 15) is 14.7 Å². The van der Waals surface area contributed by atoms with Gasteiger partial charge in [-0.3, -0.25) is 0 Å². The fraction of sp³-hybridized carbons (Fsp3) is 0.176. The Hall–Kier alpha value is -2.34. The first-order valence-electron chi connectivity index (χ1n) is 6.94. The van der Waals surface area contributed by atoms with Crippen LogP contribution in [0.3, 0.4) is 0 Å². The first-order chi connectivity index (χ1) is 11.0. The standard InChI is InChI=1S/C17H16BrNO4/c1-11-6-5-9-13(18)14(11)15(16(20)21)19-17(22)23-10-12-7-3-2-4-8-12/h2-9,15H,10H2,1H3,(H,19,22)(H,20,21). The van der Waals surface area contributed by atoms with Gasteiger partial charge < -0.3 is 15.2 Å². The second kappa shape index (κ2) is 7.78. The topological polar surface area (TPSA) is 75.6 Å². The van der Waals surface area contributed by atoms with E-state index in [1.165, 1.54) is 0 Å². The number of carboxylic acids is 1. The van der Waals surface area contributed by atoms with Crippen molar-refractivity contribution in [1.29, 1.82) is 0 Å². The van der Waals surface area contributed by atoms with Crippen molar-refractivity contribution in [3.63, 3.8) is 0 Å². The molecule has 0 aliphatic rings. The van der Waals surface area contributed by atoms with Crippen molar-refractivity contribution >= 4 is 28.0 Å². The number of alkyl carbamates (subject to hydrolysis) is 1. The molecule has 0 bridgehead atoms. The quantitative estimate of drug-likeness (QED) is 0.830. The highest BCUT2D eigenvalue weighted by Gasteiger charge is 2.26. The number of ether oxygens (including phenoxy) is 1. The molecule has 0 saturated heterocycles. The van der Waals surface area contributed by atoms with Crippen LogP contribution < -0.4 is 5.32 Å². The van der Waals surface area contributed by atoms with Crippen LogP contribution in [-0.2, 0) is 16.1 Å². The highest BCUT2D eigenvalue weighted by Crippen LogP contribution is 2.27. The summed E-state index contributed by atoms with van der Waals surface area (Å²) in [5.74, 6) is -1.16. The number of carbonyl (C=O) groups excluding carboxylic acids is 1. The molecule has 0 fully saturated rings. The summed E-state index contributed by atoms with van der Waals surface area (Å²) in [6.45, 7) is 1.86. The molecular formula is C17H16BrNO4. The predicted molar refractivity (Wildman–Crippen MR) is 89.0 cm³/mol. The summed E-state index contributed by atoms with van der Waals surface area (Å²) in [6.07, 6.45) is -0.781. The van der Waals surface area contributed by atoms with Crippen molar-refractivity contribution in [3.05, 3.63) is 69.7 Å². The lowest BCUT2D eigenvalue weighted by atomic mass is 10.0. The van der Waals surface area contributed by atoms with Gasteiger partial charge in [-0.15, -0.1) is 0 Å². The van der Waals surface area contributed by atoms with Crippen LogP contribution in [0, 0.1) is 6.92 Å². The molecule has 1 amide bonds. The molecule has 0 aliphatic carbocycles. The van der Waals surface area contributed by atoms with Crippen molar-refractivity contribution in [3.8, 4) is 0 Å². The van der Waals surface area contributed by atoms with Gasteiger partial charge in [0.2, 0.25) is 0 Å². The number of halogens is 1. The van der Waals surface area contributed by atoms with Gasteiger partial charge in [0.1, 0.15) is 6.61 Å². The molecule has 2 N–H and O–H groups in total. The third-order valence-corrected chi connectivity index (χ3v) is 3.97. The van der Waals surface area contributed by atoms with E-state index in [4.69, 9.17) is 4.74 Å².